The van der Waals surface area contributed by atoms with Crippen LogP contribution in [0.5, 0.6) is 11.5 Å². The van der Waals surface area contributed by atoms with E-state index in [0.29, 0.717) is 45.9 Å². The van der Waals surface area contributed by atoms with Crippen molar-refractivity contribution in [1.29, 1.82) is 0 Å². The van der Waals surface area contributed by atoms with Crippen LogP contribution in [-0.4, -0.2) is 67.7 Å². The highest BCUT2D eigenvalue weighted by atomic mass is 16.5. The fourth-order valence-corrected chi connectivity index (χ4v) is 4.26. The lowest BCUT2D eigenvalue weighted by Gasteiger charge is -2.34. The van der Waals surface area contributed by atoms with Crippen LogP contribution in [0.1, 0.15) is 31.9 Å². The number of benzene rings is 2. The monoisotopic (exact) mass is 466 g/mol. The van der Waals surface area contributed by atoms with E-state index >= 15 is 0 Å². The normalized spacial score (nSPS) is 17.1. The number of hydrogen-bond donors (Lipinski definition) is 2. The van der Waals surface area contributed by atoms with Crippen molar-refractivity contribution in [2.24, 2.45) is 5.92 Å². The number of amides is 3. The number of para-hydroxylation sites is 1. The molecule has 0 saturated carbocycles. The first-order valence-corrected chi connectivity index (χ1v) is 12.0. The maximum atomic E-state index is 12.9. The first-order chi connectivity index (χ1) is 16.5. The lowest BCUT2D eigenvalue weighted by Crippen LogP contribution is -2.52. The Bertz CT molecular complexity index is 974. The maximum absolute atomic E-state index is 12.9. The van der Waals surface area contributed by atoms with Crippen molar-refractivity contribution in [2.75, 3.05) is 51.3 Å². The van der Waals surface area contributed by atoms with Gasteiger partial charge in [-0.1, -0.05) is 38.1 Å². The Labute approximate surface area is 201 Å². The fourth-order valence-electron chi connectivity index (χ4n) is 4.26. The number of anilines is 1. The van der Waals surface area contributed by atoms with Gasteiger partial charge in [0.15, 0.2) is 11.5 Å². The molecule has 2 aromatic rings. The number of urea groups is 1. The van der Waals surface area contributed by atoms with Crippen LogP contribution in [0.3, 0.4) is 0 Å². The molecule has 2 heterocycles. The molecule has 0 radical (unpaired) electrons. The molecule has 0 aromatic heterocycles. The summed E-state index contributed by atoms with van der Waals surface area (Å²) in [4.78, 5) is 29.3. The molecule has 0 aliphatic carbocycles. The molecule has 2 N–H and O–H groups in total. The number of carbonyl (C=O) groups is 2. The highest BCUT2D eigenvalue weighted by Crippen LogP contribution is 2.34. The highest BCUT2D eigenvalue weighted by Gasteiger charge is 2.25. The van der Waals surface area contributed by atoms with Crippen LogP contribution in [0.25, 0.3) is 0 Å². The summed E-state index contributed by atoms with van der Waals surface area (Å²) in [6.07, 6.45) is 0.857. The first-order valence-electron chi connectivity index (χ1n) is 12.0. The Morgan fingerprint density at radius 3 is 2.35 bits per heavy atom. The predicted molar refractivity (Wildman–Crippen MR) is 131 cm³/mol. The average Bonchev–Trinajstić information content (AvgIpc) is 3.08. The average molecular weight is 467 g/mol. The zero-order valence-corrected chi connectivity index (χ0v) is 20.0. The summed E-state index contributed by atoms with van der Waals surface area (Å²) in [6.45, 7) is 8.27. The van der Waals surface area contributed by atoms with Crippen molar-refractivity contribution < 1.29 is 19.1 Å². The molecule has 1 fully saturated rings. The highest BCUT2D eigenvalue weighted by molar-refractivity contribution is 5.89. The van der Waals surface area contributed by atoms with Gasteiger partial charge in [-0.3, -0.25) is 9.69 Å². The van der Waals surface area contributed by atoms with Crippen LogP contribution in [0.4, 0.5) is 10.5 Å². The standard InChI is InChI=1S/C26H34N4O4/c1-19(2)25(20-9-10-22-23(17-20)34-16-6-15-33-22)28-24(31)18-29-11-13-30(14-12-29)26(32)27-21-7-4-3-5-8-21/h3-5,7-10,17,19,25H,6,11-16,18H2,1-2H3,(H,27,32)(H,28,31)/t25-/m1/s1. The summed E-state index contributed by atoms with van der Waals surface area (Å²) < 4.78 is 11.6. The number of hydrogen-bond acceptors (Lipinski definition) is 5. The molecule has 182 valence electrons. The minimum absolute atomic E-state index is 0.0204. The van der Waals surface area contributed by atoms with Gasteiger partial charge in [-0.05, 0) is 35.7 Å². The fraction of sp³-hybridized carbons (Fsp3) is 0.462. The van der Waals surface area contributed by atoms with Gasteiger partial charge in [-0.25, -0.2) is 4.79 Å². The van der Waals surface area contributed by atoms with Crippen LogP contribution in [0, 0.1) is 5.92 Å². The third-order valence-electron chi connectivity index (χ3n) is 6.17. The van der Waals surface area contributed by atoms with E-state index in [1.807, 2.05) is 48.5 Å². The molecule has 34 heavy (non-hydrogen) atoms. The minimum atomic E-state index is -0.123. The van der Waals surface area contributed by atoms with Crippen molar-refractivity contribution in [3.8, 4) is 11.5 Å². The van der Waals surface area contributed by atoms with Gasteiger partial charge in [0.05, 0.1) is 25.8 Å². The summed E-state index contributed by atoms with van der Waals surface area (Å²) in [5.74, 6) is 1.68. The third kappa shape index (κ3) is 6.20. The quantitative estimate of drug-likeness (QED) is 0.681. The van der Waals surface area contributed by atoms with Crippen molar-refractivity contribution >= 4 is 17.6 Å². The van der Waals surface area contributed by atoms with Crippen LogP contribution in [0.15, 0.2) is 48.5 Å². The zero-order valence-electron chi connectivity index (χ0n) is 20.0. The van der Waals surface area contributed by atoms with E-state index in [1.165, 1.54) is 0 Å². The largest absolute Gasteiger partial charge is 0.490 e. The lowest BCUT2D eigenvalue weighted by atomic mass is 9.95. The molecule has 1 atom stereocenters. The zero-order chi connectivity index (χ0) is 23.9. The smallest absolute Gasteiger partial charge is 0.321 e. The second kappa shape index (κ2) is 11.2. The number of fused-ring (bicyclic) bond motifs is 1. The Morgan fingerprint density at radius 2 is 1.65 bits per heavy atom. The minimum Gasteiger partial charge on any atom is -0.490 e. The van der Waals surface area contributed by atoms with Crippen molar-refractivity contribution in [2.45, 2.75) is 26.3 Å². The molecule has 0 bridgehead atoms. The molecular formula is C26H34N4O4. The summed E-state index contributed by atoms with van der Waals surface area (Å²) in [5, 5.41) is 6.12. The topological polar surface area (TPSA) is 83.1 Å². The molecule has 2 aliphatic heterocycles. The number of ether oxygens (including phenoxy) is 2. The molecule has 2 aliphatic rings. The summed E-state index contributed by atoms with van der Waals surface area (Å²) in [7, 11) is 0. The molecule has 0 unspecified atom stereocenters. The molecule has 4 rings (SSSR count). The van der Waals surface area contributed by atoms with Crippen molar-refractivity contribution in [3.05, 3.63) is 54.1 Å². The van der Waals surface area contributed by atoms with E-state index in [0.717, 1.165) is 29.2 Å². The second-order valence-electron chi connectivity index (χ2n) is 9.11. The number of carbonyl (C=O) groups excluding carboxylic acids is 2. The van der Waals surface area contributed by atoms with Gasteiger partial charge in [-0.2, -0.15) is 0 Å². The first kappa shape index (κ1) is 23.9. The summed E-state index contributed by atoms with van der Waals surface area (Å²) in [6, 6.07) is 15.1. The van der Waals surface area contributed by atoms with Crippen LogP contribution in [0.2, 0.25) is 0 Å². The Kier molecular flexibility index (Phi) is 7.90. The molecule has 8 nitrogen and oxygen atoms in total. The van der Waals surface area contributed by atoms with Crippen molar-refractivity contribution in [1.82, 2.24) is 15.1 Å². The van der Waals surface area contributed by atoms with Crippen LogP contribution < -0.4 is 20.1 Å². The third-order valence-corrected chi connectivity index (χ3v) is 6.17. The SMILES string of the molecule is CC(C)[C@@H](NC(=O)CN1CCN(C(=O)Nc2ccccc2)CC1)c1ccc2c(c1)OCCCO2. The van der Waals surface area contributed by atoms with Crippen LogP contribution >= 0.6 is 0 Å². The lowest BCUT2D eigenvalue weighted by molar-refractivity contribution is -0.123. The molecule has 3 amide bonds. The Hall–Kier alpha value is -3.26. The number of rotatable bonds is 6. The number of nitrogens with zero attached hydrogens (tertiary/aromatic N) is 2. The van der Waals surface area contributed by atoms with Crippen LogP contribution in [-0.2, 0) is 4.79 Å². The number of piperazine rings is 1. The summed E-state index contributed by atoms with van der Waals surface area (Å²) in [5.41, 5.74) is 1.79. The molecule has 1 saturated heterocycles. The molecule has 2 aromatic carbocycles. The van der Waals surface area contributed by atoms with E-state index in [-0.39, 0.29) is 23.9 Å². The van der Waals surface area contributed by atoms with Gasteiger partial charge in [0.2, 0.25) is 5.91 Å². The molecular weight excluding hydrogens is 432 g/mol. The second-order valence-corrected chi connectivity index (χ2v) is 9.11. The van der Waals surface area contributed by atoms with E-state index in [1.54, 1.807) is 4.90 Å². The van der Waals surface area contributed by atoms with Crippen molar-refractivity contribution in [3.63, 3.8) is 0 Å². The Balaban J connectivity index is 1.29. The van der Waals surface area contributed by atoms with E-state index in [4.69, 9.17) is 9.47 Å². The molecule has 0 spiro atoms. The van der Waals surface area contributed by atoms with E-state index < -0.39 is 0 Å². The van der Waals surface area contributed by atoms with E-state index in [2.05, 4.69) is 29.4 Å². The predicted octanol–water partition coefficient (Wildman–Crippen LogP) is 3.51. The van der Waals surface area contributed by atoms with Gasteiger partial charge in [0.1, 0.15) is 0 Å². The van der Waals surface area contributed by atoms with Gasteiger partial charge in [-0.15, -0.1) is 0 Å². The number of nitrogens with one attached hydrogen (secondary N) is 2. The van der Waals surface area contributed by atoms with Gasteiger partial charge >= 0.3 is 6.03 Å². The van der Waals surface area contributed by atoms with Gasteiger partial charge in [0.25, 0.3) is 0 Å². The Morgan fingerprint density at radius 1 is 0.941 bits per heavy atom. The maximum Gasteiger partial charge on any atom is 0.321 e. The van der Waals surface area contributed by atoms with Gasteiger partial charge < -0.3 is 25.0 Å². The molecule has 8 heteroatoms. The van der Waals surface area contributed by atoms with E-state index in [9.17, 15) is 9.59 Å². The summed E-state index contributed by atoms with van der Waals surface area (Å²) >= 11 is 0. The van der Waals surface area contributed by atoms with Gasteiger partial charge in [0, 0.05) is 38.3 Å².